The molecular weight excluding hydrogens is 198 g/mol. The van der Waals surface area contributed by atoms with Crippen molar-refractivity contribution in [1.29, 1.82) is 0 Å². The molecule has 0 radical (unpaired) electrons. The Morgan fingerprint density at radius 3 is 1.85 bits per heavy atom. The number of carbonyl (C=O) groups is 2. The maximum absolute atomic E-state index is 10.3. The fraction of sp³-hybridized carbons (Fsp3) is 0.143. The lowest BCUT2D eigenvalue weighted by molar-refractivity contribution is -0.300. The first-order valence-electron chi connectivity index (χ1n) is 3.18. The van der Waals surface area contributed by atoms with Crippen LogP contribution in [0.4, 0.5) is 0 Å². The third-order valence-electron chi connectivity index (χ3n) is 1.42. The summed E-state index contributed by atoms with van der Waals surface area (Å²) in [4.78, 5) is 20.5. The summed E-state index contributed by atoms with van der Waals surface area (Å²) < 4.78 is 0. The third-order valence-corrected chi connectivity index (χ3v) is 1.42. The normalized spacial score (nSPS) is 14.5. The van der Waals surface area contributed by atoms with Gasteiger partial charge in [0.2, 0.25) is 0 Å². The Labute approximate surface area is 80.2 Å². The number of rotatable bonds is 2. The Kier molecular flexibility index (Phi) is 4.00. The van der Waals surface area contributed by atoms with Crippen molar-refractivity contribution in [3.8, 4) is 0 Å². The standard InChI is InChI=1S/C7H7NO4.ClH/c9-6(10)4-1-5(7(11)12)3-8-2-4;/h2-3,8H,1H2,(H,9,10)(H,11,12);1H/p-2. The average Bonchev–Trinajstić information content (AvgIpc) is 2.04. The minimum absolute atomic E-state index is 0. The lowest BCUT2D eigenvalue weighted by Crippen LogP contribution is -2.32. The fourth-order valence-corrected chi connectivity index (χ4v) is 0.812. The van der Waals surface area contributed by atoms with E-state index in [1.54, 1.807) is 0 Å². The molecule has 13 heavy (non-hydrogen) atoms. The zero-order valence-electron chi connectivity index (χ0n) is 6.40. The first kappa shape index (κ1) is 11.5. The summed E-state index contributed by atoms with van der Waals surface area (Å²) in [6, 6.07) is 0. The van der Waals surface area contributed by atoms with Crippen LogP contribution in [-0.4, -0.2) is 11.9 Å². The zero-order valence-corrected chi connectivity index (χ0v) is 7.22. The molecule has 1 heterocycles. The number of halogens is 1. The van der Waals surface area contributed by atoms with E-state index in [0.717, 1.165) is 0 Å². The molecule has 0 aromatic heterocycles. The van der Waals surface area contributed by atoms with Gasteiger partial charge in [-0.1, -0.05) is 0 Å². The molecule has 0 bridgehead atoms. The maximum atomic E-state index is 10.3. The van der Waals surface area contributed by atoms with Gasteiger partial charge in [0.05, 0.1) is 11.9 Å². The molecule has 6 heteroatoms. The van der Waals surface area contributed by atoms with Crippen LogP contribution >= 0.6 is 12.4 Å². The van der Waals surface area contributed by atoms with E-state index in [1.807, 2.05) is 0 Å². The molecule has 0 atom stereocenters. The Balaban J connectivity index is 0.00000144. The van der Waals surface area contributed by atoms with Crippen molar-refractivity contribution in [2.75, 3.05) is 0 Å². The highest BCUT2D eigenvalue weighted by atomic mass is 35.5. The number of carboxylic acids is 2. The summed E-state index contributed by atoms with van der Waals surface area (Å²) in [7, 11) is 0. The highest BCUT2D eigenvalue weighted by molar-refractivity contribution is 5.91. The predicted molar refractivity (Wildman–Crippen MR) is 41.2 cm³/mol. The second-order valence-corrected chi connectivity index (χ2v) is 2.26. The number of dihydropyridines is 1. The summed E-state index contributed by atoms with van der Waals surface area (Å²) in [6.45, 7) is 0. The van der Waals surface area contributed by atoms with E-state index in [2.05, 4.69) is 5.32 Å². The number of hydrogen-bond acceptors (Lipinski definition) is 5. The smallest absolute Gasteiger partial charge is 0.0692 e. The van der Waals surface area contributed by atoms with Crippen LogP contribution in [0.15, 0.2) is 23.5 Å². The highest BCUT2D eigenvalue weighted by Gasteiger charge is 2.07. The van der Waals surface area contributed by atoms with E-state index >= 15 is 0 Å². The van der Waals surface area contributed by atoms with Crippen LogP contribution in [0, 0.1) is 0 Å². The lowest BCUT2D eigenvalue weighted by Gasteiger charge is -2.16. The third kappa shape index (κ3) is 2.79. The summed E-state index contributed by atoms with van der Waals surface area (Å²) in [6.07, 6.45) is 2.20. The second kappa shape index (κ2) is 4.51. The Morgan fingerprint density at radius 1 is 1.15 bits per heavy atom. The van der Waals surface area contributed by atoms with Gasteiger partial charge in [0.1, 0.15) is 0 Å². The number of carboxylic acid groups (broad SMARTS) is 2. The van der Waals surface area contributed by atoms with Gasteiger partial charge in [0.15, 0.2) is 0 Å². The van der Waals surface area contributed by atoms with Crippen molar-refractivity contribution in [3.63, 3.8) is 0 Å². The van der Waals surface area contributed by atoms with Crippen molar-refractivity contribution in [1.82, 2.24) is 5.32 Å². The van der Waals surface area contributed by atoms with Crippen LogP contribution in [0.5, 0.6) is 0 Å². The Hall–Kier alpha value is -1.49. The lowest BCUT2D eigenvalue weighted by atomic mass is 10.1. The zero-order chi connectivity index (χ0) is 9.14. The Morgan fingerprint density at radius 2 is 1.54 bits per heavy atom. The summed E-state index contributed by atoms with van der Waals surface area (Å²) in [5, 5.41) is 22.9. The van der Waals surface area contributed by atoms with E-state index in [4.69, 9.17) is 0 Å². The molecule has 72 valence electrons. The predicted octanol–water partition coefficient (Wildman–Crippen LogP) is -2.33. The molecular formula is C7H6ClNO4-2. The fourth-order valence-electron chi connectivity index (χ4n) is 0.812. The number of nitrogens with one attached hydrogen (secondary N) is 1. The van der Waals surface area contributed by atoms with Crippen molar-refractivity contribution in [2.45, 2.75) is 6.42 Å². The van der Waals surface area contributed by atoms with Gasteiger partial charge >= 0.3 is 0 Å². The monoisotopic (exact) mass is 203 g/mol. The van der Waals surface area contributed by atoms with Gasteiger partial charge < -0.3 is 25.1 Å². The van der Waals surface area contributed by atoms with Crippen molar-refractivity contribution < 1.29 is 19.8 Å². The van der Waals surface area contributed by atoms with E-state index in [1.165, 1.54) is 12.4 Å². The molecule has 0 aromatic carbocycles. The first-order chi connectivity index (χ1) is 5.61. The SMILES string of the molecule is Cl.O=C([O-])C1=CNC=C(C(=O)[O-])C1. The molecule has 0 fully saturated rings. The summed E-state index contributed by atoms with van der Waals surface area (Å²) in [5.74, 6) is -2.76. The van der Waals surface area contributed by atoms with Gasteiger partial charge in [-0.15, -0.1) is 12.4 Å². The molecule has 0 aliphatic carbocycles. The largest absolute Gasteiger partial charge is 0.545 e. The Bertz CT molecular complexity index is 267. The first-order valence-corrected chi connectivity index (χ1v) is 3.18. The molecule has 0 saturated heterocycles. The molecule has 0 aromatic rings. The molecule has 0 amide bonds. The van der Waals surface area contributed by atoms with Gasteiger partial charge in [-0.25, -0.2) is 0 Å². The van der Waals surface area contributed by atoms with Crippen molar-refractivity contribution >= 4 is 24.3 Å². The van der Waals surface area contributed by atoms with Crippen LogP contribution in [0.1, 0.15) is 6.42 Å². The van der Waals surface area contributed by atoms with E-state index in [-0.39, 0.29) is 30.0 Å². The molecule has 1 aliphatic rings. The summed E-state index contributed by atoms with van der Waals surface area (Å²) in [5.41, 5.74) is -0.201. The van der Waals surface area contributed by atoms with Crippen LogP contribution in [0.3, 0.4) is 0 Å². The molecule has 1 aliphatic heterocycles. The van der Waals surface area contributed by atoms with Gasteiger partial charge in [-0.2, -0.15) is 0 Å². The second-order valence-electron chi connectivity index (χ2n) is 2.26. The maximum Gasteiger partial charge on any atom is 0.0692 e. The van der Waals surface area contributed by atoms with E-state index < -0.39 is 11.9 Å². The number of carbonyl (C=O) groups excluding carboxylic acids is 2. The molecule has 5 nitrogen and oxygen atoms in total. The number of aliphatic carboxylic acids is 2. The quantitative estimate of drug-likeness (QED) is 0.544. The van der Waals surface area contributed by atoms with Crippen LogP contribution in [0.2, 0.25) is 0 Å². The topological polar surface area (TPSA) is 92.3 Å². The van der Waals surface area contributed by atoms with Gasteiger partial charge in [-0.3, -0.25) is 0 Å². The molecule has 0 unspecified atom stereocenters. The molecule has 1 rings (SSSR count). The van der Waals surface area contributed by atoms with Crippen LogP contribution in [-0.2, 0) is 9.59 Å². The molecule has 1 N–H and O–H groups in total. The molecule has 0 saturated carbocycles. The summed E-state index contributed by atoms with van der Waals surface area (Å²) >= 11 is 0. The van der Waals surface area contributed by atoms with Crippen molar-refractivity contribution in [2.24, 2.45) is 0 Å². The van der Waals surface area contributed by atoms with Gasteiger partial charge in [0.25, 0.3) is 0 Å². The number of hydrogen-bond donors (Lipinski definition) is 1. The van der Waals surface area contributed by atoms with Gasteiger partial charge in [0, 0.05) is 18.8 Å². The highest BCUT2D eigenvalue weighted by Crippen LogP contribution is 2.11. The minimum atomic E-state index is -1.38. The van der Waals surface area contributed by atoms with E-state index in [9.17, 15) is 19.8 Å². The van der Waals surface area contributed by atoms with Crippen molar-refractivity contribution in [3.05, 3.63) is 23.5 Å². The van der Waals surface area contributed by atoms with E-state index in [0.29, 0.717) is 0 Å². The van der Waals surface area contributed by atoms with Gasteiger partial charge in [-0.05, 0) is 11.1 Å². The van der Waals surface area contributed by atoms with Crippen LogP contribution in [0.25, 0.3) is 0 Å². The molecule has 0 spiro atoms. The average molecular weight is 204 g/mol. The minimum Gasteiger partial charge on any atom is -0.545 e. The van der Waals surface area contributed by atoms with Crippen LogP contribution < -0.4 is 15.5 Å².